The van der Waals surface area contributed by atoms with Gasteiger partial charge in [-0.15, -0.1) is 0 Å². The van der Waals surface area contributed by atoms with Crippen LogP contribution < -0.4 is 0 Å². The first-order valence-electron chi connectivity index (χ1n) is 6.51. The Kier molecular flexibility index (Phi) is 1.82. The van der Waals surface area contributed by atoms with Crippen molar-refractivity contribution in [2.45, 2.75) is 31.6 Å². The van der Waals surface area contributed by atoms with Crippen LogP contribution in [0, 0.1) is 11.8 Å². The molecule has 17 heavy (non-hydrogen) atoms. The van der Waals surface area contributed by atoms with Crippen LogP contribution in [0.4, 0.5) is 0 Å². The smallest absolute Gasteiger partial charge is 0.117 e. The summed E-state index contributed by atoms with van der Waals surface area (Å²) >= 11 is 0. The van der Waals surface area contributed by atoms with E-state index in [1.165, 1.54) is 25.7 Å². The van der Waals surface area contributed by atoms with Crippen molar-refractivity contribution >= 4 is 11.0 Å². The summed E-state index contributed by atoms with van der Waals surface area (Å²) in [5.41, 5.74) is 1.94. The molecule has 2 aliphatic rings. The van der Waals surface area contributed by atoms with Crippen LogP contribution in [0.25, 0.3) is 11.0 Å². The number of benzene rings is 1. The van der Waals surface area contributed by atoms with E-state index >= 15 is 0 Å². The van der Waals surface area contributed by atoms with Crippen LogP contribution in [0.3, 0.4) is 0 Å². The highest BCUT2D eigenvalue weighted by Crippen LogP contribution is 2.60. The van der Waals surface area contributed by atoms with Crippen molar-refractivity contribution in [2.75, 3.05) is 0 Å². The van der Waals surface area contributed by atoms with Gasteiger partial charge in [-0.3, -0.25) is 0 Å². The summed E-state index contributed by atoms with van der Waals surface area (Å²) in [6, 6.07) is 5.35. The minimum Gasteiger partial charge on any atom is -0.508 e. The van der Waals surface area contributed by atoms with E-state index in [0.29, 0.717) is 11.7 Å². The second-order valence-corrected chi connectivity index (χ2v) is 5.46. The molecule has 1 heterocycles. The van der Waals surface area contributed by atoms with Crippen molar-refractivity contribution in [3.8, 4) is 5.75 Å². The molecule has 2 saturated carbocycles. The number of phenols is 1. The number of hydrogen-bond acceptors (Lipinski definition) is 2. The second-order valence-electron chi connectivity index (χ2n) is 5.46. The first kappa shape index (κ1) is 9.51. The van der Waals surface area contributed by atoms with Gasteiger partial charge in [0.2, 0.25) is 0 Å². The minimum atomic E-state index is 0.306. The van der Waals surface area contributed by atoms with Gasteiger partial charge in [-0.2, -0.15) is 0 Å². The highest BCUT2D eigenvalue weighted by Gasteiger charge is 2.52. The van der Waals surface area contributed by atoms with E-state index < -0.39 is 0 Å². The lowest BCUT2D eigenvalue weighted by atomic mass is 10.0. The van der Waals surface area contributed by atoms with Gasteiger partial charge >= 0.3 is 0 Å². The summed E-state index contributed by atoms with van der Waals surface area (Å²) in [5.74, 6) is 3.85. The monoisotopic (exact) mass is 228 g/mol. The number of hydrogen-bond donors (Lipinski definition) is 2. The van der Waals surface area contributed by atoms with E-state index in [0.717, 1.165) is 28.7 Å². The van der Waals surface area contributed by atoms with Crippen molar-refractivity contribution in [2.24, 2.45) is 11.8 Å². The van der Waals surface area contributed by atoms with Crippen molar-refractivity contribution in [1.82, 2.24) is 9.97 Å². The fourth-order valence-electron chi connectivity index (χ4n) is 3.57. The first-order valence-corrected chi connectivity index (χ1v) is 6.51. The molecule has 0 saturated heterocycles. The highest BCUT2D eigenvalue weighted by molar-refractivity contribution is 5.76. The maximum atomic E-state index is 9.45. The van der Waals surface area contributed by atoms with Crippen LogP contribution in [0.15, 0.2) is 18.2 Å². The Bertz CT molecular complexity index is 563. The molecule has 0 aliphatic heterocycles. The molecule has 1 aromatic carbocycles. The molecule has 2 fully saturated rings. The number of phenolic OH excluding ortho intramolecular Hbond substituents is 1. The summed E-state index contributed by atoms with van der Waals surface area (Å²) in [5, 5.41) is 9.45. The molecule has 4 rings (SSSR count). The normalized spacial score (nSPS) is 31.4. The van der Waals surface area contributed by atoms with E-state index in [4.69, 9.17) is 0 Å². The number of aromatic nitrogens is 2. The topological polar surface area (TPSA) is 48.9 Å². The fraction of sp³-hybridized carbons (Fsp3) is 0.500. The molecular weight excluding hydrogens is 212 g/mol. The molecule has 0 radical (unpaired) electrons. The molecule has 0 spiro atoms. The van der Waals surface area contributed by atoms with Crippen molar-refractivity contribution in [3.63, 3.8) is 0 Å². The molecule has 1 aromatic heterocycles. The maximum Gasteiger partial charge on any atom is 0.117 e. The van der Waals surface area contributed by atoms with Gasteiger partial charge in [-0.05, 0) is 36.8 Å². The Morgan fingerprint density at radius 2 is 1.94 bits per heavy atom. The van der Waals surface area contributed by atoms with E-state index in [9.17, 15) is 5.11 Å². The number of aromatic amines is 1. The zero-order valence-corrected chi connectivity index (χ0v) is 9.69. The third kappa shape index (κ3) is 1.38. The van der Waals surface area contributed by atoms with Gasteiger partial charge in [0.05, 0.1) is 11.0 Å². The average Bonchev–Trinajstić information content (AvgIpc) is 2.93. The molecule has 2 N–H and O–H groups in total. The van der Waals surface area contributed by atoms with E-state index in [-0.39, 0.29) is 0 Å². The molecule has 2 aliphatic carbocycles. The Hall–Kier alpha value is -1.51. The average molecular weight is 228 g/mol. The van der Waals surface area contributed by atoms with Gasteiger partial charge in [0, 0.05) is 12.0 Å². The summed E-state index contributed by atoms with van der Waals surface area (Å²) in [6.45, 7) is 0. The molecular formula is C14H16N2O. The molecule has 88 valence electrons. The third-order valence-corrected chi connectivity index (χ3v) is 4.46. The second kappa shape index (κ2) is 3.25. The van der Waals surface area contributed by atoms with Crippen LogP contribution in [-0.2, 0) is 0 Å². The van der Waals surface area contributed by atoms with Crippen LogP contribution in [0.5, 0.6) is 5.75 Å². The first-order chi connectivity index (χ1) is 8.33. The Balaban J connectivity index is 1.72. The largest absolute Gasteiger partial charge is 0.508 e. The number of imidazole rings is 1. The van der Waals surface area contributed by atoms with Gasteiger partial charge in [-0.1, -0.05) is 12.8 Å². The van der Waals surface area contributed by atoms with Gasteiger partial charge in [0.15, 0.2) is 0 Å². The number of aromatic hydroxyl groups is 1. The molecule has 2 atom stereocenters. The summed E-state index contributed by atoms with van der Waals surface area (Å²) in [7, 11) is 0. The quantitative estimate of drug-likeness (QED) is 0.787. The Morgan fingerprint density at radius 1 is 1.18 bits per heavy atom. The predicted molar refractivity (Wildman–Crippen MR) is 65.9 cm³/mol. The summed E-state index contributed by atoms with van der Waals surface area (Å²) in [4.78, 5) is 8.06. The lowest BCUT2D eigenvalue weighted by Gasteiger charge is -2.04. The van der Waals surface area contributed by atoms with Gasteiger partial charge in [0.25, 0.3) is 0 Å². The lowest BCUT2D eigenvalue weighted by molar-refractivity contribution is 0.476. The number of H-pyrrole nitrogens is 1. The molecule has 3 heteroatoms. The molecule has 3 nitrogen and oxygen atoms in total. The van der Waals surface area contributed by atoms with Gasteiger partial charge in [0.1, 0.15) is 11.6 Å². The molecule has 2 aromatic rings. The van der Waals surface area contributed by atoms with Gasteiger partial charge in [-0.25, -0.2) is 4.98 Å². The lowest BCUT2D eigenvalue weighted by Crippen LogP contribution is -1.91. The Morgan fingerprint density at radius 3 is 2.71 bits per heavy atom. The summed E-state index contributed by atoms with van der Waals surface area (Å²) in [6.07, 6.45) is 5.52. The predicted octanol–water partition coefficient (Wildman–Crippen LogP) is 3.17. The molecule has 2 unspecified atom stereocenters. The molecule has 0 bridgehead atoms. The van der Waals surface area contributed by atoms with Crippen LogP contribution in [0.2, 0.25) is 0 Å². The third-order valence-electron chi connectivity index (χ3n) is 4.46. The number of fused-ring (bicyclic) bond motifs is 2. The van der Waals surface area contributed by atoms with Crippen LogP contribution in [-0.4, -0.2) is 15.1 Å². The van der Waals surface area contributed by atoms with Crippen molar-refractivity contribution in [1.29, 1.82) is 0 Å². The number of rotatable bonds is 1. The fourth-order valence-corrected chi connectivity index (χ4v) is 3.57. The maximum absolute atomic E-state index is 9.45. The zero-order valence-electron chi connectivity index (χ0n) is 9.69. The zero-order chi connectivity index (χ0) is 11.4. The van der Waals surface area contributed by atoms with E-state index in [1.54, 1.807) is 12.1 Å². The number of nitrogens with zero attached hydrogens (tertiary/aromatic N) is 1. The standard InChI is InChI=1S/C14H16N2O/c17-8-5-6-11-12(7-8)16-14(15-11)13-9-3-1-2-4-10(9)13/h5-7,9-10,13,17H,1-4H2,(H,15,16). The summed E-state index contributed by atoms with van der Waals surface area (Å²) < 4.78 is 0. The number of nitrogens with one attached hydrogen (secondary N) is 1. The van der Waals surface area contributed by atoms with Crippen LogP contribution in [0.1, 0.15) is 37.4 Å². The van der Waals surface area contributed by atoms with E-state index in [1.807, 2.05) is 6.07 Å². The minimum absolute atomic E-state index is 0.306. The van der Waals surface area contributed by atoms with Gasteiger partial charge < -0.3 is 10.1 Å². The molecule has 0 amide bonds. The Labute approximate surface area is 99.9 Å². The van der Waals surface area contributed by atoms with Crippen LogP contribution >= 0.6 is 0 Å². The van der Waals surface area contributed by atoms with E-state index in [2.05, 4.69) is 9.97 Å². The SMILES string of the molecule is Oc1ccc2nc(C3C4CCCCC43)[nH]c2c1. The van der Waals surface area contributed by atoms with Crippen molar-refractivity contribution < 1.29 is 5.11 Å². The highest BCUT2D eigenvalue weighted by atomic mass is 16.3. The van der Waals surface area contributed by atoms with Crippen molar-refractivity contribution in [3.05, 3.63) is 24.0 Å².